The molecule has 0 radical (unpaired) electrons. The van der Waals surface area contributed by atoms with Crippen LogP contribution in [0.4, 0.5) is 5.82 Å². The van der Waals surface area contributed by atoms with Gasteiger partial charge in [0, 0.05) is 6.54 Å². The van der Waals surface area contributed by atoms with E-state index in [4.69, 9.17) is 0 Å². The Morgan fingerprint density at radius 1 is 1.44 bits per heavy atom. The van der Waals surface area contributed by atoms with Crippen molar-refractivity contribution in [3.05, 3.63) is 12.7 Å². The molecule has 1 saturated carbocycles. The molecule has 1 aliphatic carbocycles. The van der Waals surface area contributed by atoms with Crippen molar-refractivity contribution in [2.75, 3.05) is 11.9 Å². The first-order chi connectivity index (χ1) is 8.71. The van der Waals surface area contributed by atoms with Gasteiger partial charge in [0.2, 0.25) is 0 Å². The fraction of sp³-hybridized carbons (Fsp3) is 0.455. The van der Waals surface area contributed by atoms with E-state index >= 15 is 0 Å². The van der Waals surface area contributed by atoms with Crippen LogP contribution in [-0.2, 0) is 4.79 Å². The number of H-pyrrole nitrogens is 1. The van der Waals surface area contributed by atoms with E-state index in [1.807, 2.05) is 0 Å². The smallest absolute Gasteiger partial charge is 0.311 e. The van der Waals surface area contributed by atoms with E-state index in [0.717, 1.165) is 6.42 Å². The van der Waals surface area contributed by atoms with Gasteiger partial charge in [-0.15, -0.1) is 0 Å². The second kappa shape index (κ2) is 3.94. The maximum Gasteiger partial charge on any atom is 0.311 e. The Labute approximate surface area is 103 Å². The van der Waals surface area contributed by atoms with E-state index in [-0.39, 0.29) is 0 Å². The average molecular weight is 247 g/mol. The first kappa shape index (κ1) is 10.9. The lowest BCUT2D eigenvalue weighted by Crippen LogP contribution is -2.43. The molecular formula is C11H13N5O2. The molecule has 3 rings (SSSR count). The summed E-state index contributed by atoms with van der Waals surface area (Å²) < 4.78 is 0. The third kappa shape index (κ3) is 1.59. The summed E-state index contributed by atoms with van der Waals surface area (Å²) in [5, 5.41) is 12.3. The van der Waals surface area contributed by atoms with Gasteiger partial charge in [0.05, 0.1) is 11.7 Å². The third-order valence-corrected chi connectivity index (χ3v) is 3.58. The maximum absolute atomic E-state index is 11.2. The van der Waals surface area contributed by atoms with Crippen molar-refractivity contribution in [1.82, 2.24) is 19.9 Å². The summed E-state index contributed by atoms with van der Waals surface area (Å²) in [5.41, 5.74) is 0.639. The lowest BCUT2D eigenvalue weighted by atomic mass is 9.69. The Morgan fingerprint density at radius 2 is 2.28 bits per heavy atom. The molecule has 18 heavy (non-hydrogen) atoms. The van der Waals surface area contributed by atoms with Crippen LogP contribution >= 0.6 is 0 Å². The highest BCUT2D eigenvalue weighted by molar-refractivity contribution is 5.82. The van der Waals surface area contributed by atoms with Crippen LogP contribution in [-0.4, -0.2) is 37.6 Å². The molecule has 0 atom stereocenters. The molecule has 1 fully saturated rings. The molecule has 0 saturated heterocycles. The number of carboxylic acid groups (broad SMARTS) is 1. The zero-order chi connectivity index (χ0) is 12.6. The summed E-state index contributed by atoms with van der Waals surface area (Å²) in [5.74, 6) is -0.138. The predicted octanol–water partition coefficient (Wildman–Crippen LogP) is 1.02. The SMILES string of the molecule is O=C(O)C1(CNc2ncnc3nc[nH]c23)CCC1. The van der Waals surface area contributed by atoms with Gasteiger partial charge in [0.25, 0.3) is 0 Å². The van der Waals surface area contributed by atoms with Crippen LogP contribution < -0.4 is 5.32 Å². The highest BCUT2D eigenvalue weighted by Crippen LogP contribution is 2.41. The molecule has 94 valence electrons. The van der Waals surface area contributed by atoms with Gasteiger partial charge in [-0.05, 0) is 12.8 Å². The highest BCUT2D eigenvalue weighted by atomic mass is 16.4. The first-order valence-corrected chi connectivity index (χ1v) is 5.83. The molecule has 2 aromatic heterocycles. The summed E-state index contributed by atoms with van der Waals surface area (Å²) in [6, 6.07) is 0. The van der Waals surface area contributed by atoms with Crippen molar-refractivity contribution in [2.45, 2.75) is 19.3 Å². The molecule has 7 nitrogen and oxygen atoms in total. The number of imidazole rings is 1. The molecule has 3 N–H and O–H groups in total. The highest BCUT2D eigenvalue weighted by Gasteiger charge is 2.44. The molecule has 2 heterocycles. The van der Waals surface area contributed by atoms with Gasteiger partial charge in [-0.25, -0.2) is 15.0 Å². The Balaban J connectivity index is 1.81. The lowest BCUT2D eigenvalue weighted by Gasteiger charge is -2.37. The van der Waals surface area contributed by atoms with Crippen LogP contribution in [0.2, 0.25) is 0 Å². The number of aliphatic carboxylic acids is 1. The largest absolute Gasteiger partial charge is 0.481 e. The summed E-state index contributed by atoms with van der Waals surface area (Å²) in [6.45, 7) is 0.382. The molecule has 2 aromatic rings. The Hall–Kier alpha value is -2.18. The summed E-state index contributed by atoms with van der Waals surface area (Å²) in [4.78, 5) is 26.3. The Bertz CT molecular complexity index is 590. The number of fused-ring (bicyclic) bond motifs is 1. The van der Waals surface area contributed by atoms with Crippen molar-refractivity contribution in [3.8, 4) is 0 Å². The first-order valence-electron chi connectivity index (χ1n) is 5.83. The fourth-order valence-corrected chi connectivity index (χ4v) is 2.22. The minimum atomic E-state index is -0.740. The number of aromatic amines is 1. The number of aromatic nitrogens is 4. The van der Waals surface area contributed by atoms with Crippen LogP contribution in [0.3, 0.4) is 0 Å². The molecule has 0 aliphatic heterocycles. The fourth-order valence-electron chi connectivity index (χ4n) is 2.22. The minimum Gasteiger partial charge on any atom is -0.481 e. The topological polar surface area (TPSA) is 104 Å². The van der Waals surface area contributed by atoms with Gasteiger partial charge >= 0.3 is 5.97 Å². The van der Waals surface area contributed by atoms with Crippen LogP contribution in [0.1, 0.15) is 19.3 Å². The summed E-state index contributed by atoms with van der Waals surface area (Å²) in [6.07, 6.45) is 5.36. The summed E-state index contributed by atoms with van der Waals surface area (Å²) >= 11 is 0. The molecule has 0 amide bonds. The minimum absolute atomic E-state index is 0.382. The lowest BCUT2D eigenvalue weighted by molar-refractivity contribution is -0.153. The third-order valence-electron chi connectivity index (χ3n) is 3.58. The normalized spacial score (nSPS) is 17.3. The monoisotopic (exact) mass is 247 g/mol. The molecule has 7 heteroatoms. The van der Waals surface area contributed by atoms with Crippen LogP contribution in [0.5, 0.6) is 0 Å². The van der Waals surface area contributed by atoms with E-state index in [1.165, 1.54) is 6.33 Å². The molecule has 0 unspecified atom stereocenters. The number of anilines is 1. The van der Waals surface area contributed by atoms with Crippen molar-refractivity contribution in [1.29, 1.82) is 0 Å². The van der Waals surface area contributed by atoms with Crippen molar-refractivity contribution in [3.63, 3.8) is 0 Å². The van der Waals surface area contributed by atoms with E-state index in [1.54, 1.807) is 6.33 Å². The van der Waals surface area contributed by atoms with Crippen LogP contribution in [0.25, 0.3) is 11.2 Å². The van der Waals surface area contributed by atoms with Gasteiger partial charge < -0.3 is 15.4 Å². The Kier molecular flexibility index (Phi) is 2.39. The number of carbonyl (C=O) groups is 1. The quantitative estimate of drug-likeness (QED) is 0.745. The van der Waals surface area contributed by atoms with Gasteiger partial charge in [-0.3, -0.25) is 4.79 Å². The number of rotatable bonds is 4. The maximum atomic E-state index is 11.2. The molecular weight excluding hydrogens is 234 g/mol. The van der Waals surface area contributed by atoms with E-state index < -0.39 is 11.4 Å². The molecule has 0 bridgehead atoms. The second-order valence-electron chi connectivity index (χ2n) is 4.62. The number of nitrogens with zero attached hydrogens (tertiary/aromatic N) is 3. The molecule has 0 spiro atoms. The van der Waals surface area contributed by atoms with Crippen LogP contribution in [0, 0.1) is 5.41 Å². The van der Waals surface area contributed by atoms with Crippen molar-refractivity contribution < 1.29 is 9.90 Å². The second-order valence-corrected chi connectivity index (χ2v) is 4.62. The Morgan fingerprint density at radius 3 is 2.94 bits per heavy atom. The number of nitrogens with one attached hydrogen (secondary N) is 2. The number of hydrogen-bond acceptors (Lipinski definition) is 5. The number of hydrogen-bond donors (Lipinski definition) is 3. The average Bonchev–Trinajstić information content (AvgIpc) is 2.75. The standard InChI is InChI=1S/C11H13N5O2/c17-10(18)11(2-1-3-11)4-12-8-7-9(14-5-13-7)16-6-15-8/h5-6H,1-4H2,(H,17,18)(H2,12,13,14,15,16). The van der Waals surface area contributed by atoms with Crippen molar-refractivity contribution in [2.24, 2.45) is 5.41 Å². The molecule has 1 aliphatic rings. The zero-order valence-corrected chi connectivity index (χ0v) is 9.68. The van der Waals surface area contributed by atoms with Crippen molar-refractivity contribution >= 4 is 23.0 Å². The van der Waals surface area contributed by atoms with Gasteiger partial charge in [0.15, 0.2) is 11.5 Å². The van der Waals surface area contributed by atoms with E-state index in [2.05, 4.69) is 25.3 Å². The van der Waals surface area contributed by atoms with E-state index in [0.29, 0.717) is 36.4 Å². The van der Waals surface area contributed by atoms with Gasteiger partial charge in [-0.1, -0.05) is 6.42 Å². The van der Waals surface area contributed by atoms with Gasteiger partial charge in [-0.2, -0.15) is 0 Å². The van der Waals surface area contributed by atoms with Gasteiger partial charge in [0.1, 0.15) is 11.8 Å². The van der Waals surface area contributed by atoms with Crippen LogP contribution in [0.15, 0.2) is 12.7 Å². The zero-order valence-electron chi connectivity index (χ0n) is 9.68. The van der Waals surface area contributed by atoms with E-state index in [9.17, 15) is 9.90 Å². The number of carboxylic acids is 1. The predicted molar refractivity (Wildman–Crippen MR) is 64.1 cm³/mol. The summed E-state index contributed by atoms with van der Waals surface area (Å²) in [7, 11) is 0. The molecule has 0 aromatic carbocycles.